The van der Waals surface area contributed by atoms with Gasteiger partial charge in [-0.1, -0.05) is 26.1 Å². The van der Waals surface area contributed by atoms with Crippen molar-refractivity contribution in [3.63, 3.8) is 0 Å². The van der Waals surface area contributed by atoms with Gasteiger partial charge in [0, 0.05) is 0 Å². The van der Waals surface area contributed by atoms with Crippen LogP contribution in [0.2, 0.25) is 0 Å². The summed E-state index contributed by atoms with van der Waals surface area (Å²) >= 11 is 4.89. The van der Waals surface area contributed by atoms with Crippen LogP contribution in [0.4, 0.5) is 4.39 Å². The normalized spacial score (nSPS) is 9.88. The van der Waals surface area contributed by atoms with E-state index >= 15 is 0 Å². The van der Waals surface area contributed by atoms with Crippen LogP contribution in [0.1, 0.15) is 19.4 Å². The summed E-state index contributed by atoms with van der Waals surface area (Å²) in [6, 6.07) is 2.99. The van der Waals surface area contributed by atoms with Crippen LogP contribution in [0.15, 0.2) is 16.9 Å². The second-order valence-electron chi connectivity index (χ2n) is 3.27. The van der Waals surface area contributed by atoms with Crippen LogP contribution in [0.5, 0.6) is 0 Å². The van der Waals surface area contributed by atoms with Gasteiger partial charge < -0.3 is 10.8 Å². The van der Waals surface area contributed by atoms with Crippen molar-refractivity contribution in [1.82, 2.24) is 9.66 Å². The summed E-state index contributed by atoms with van der Waals surface area (Å²) in [5.41, 5.74) is 0.515. The molecule has 17 heavy (non-hydrogen) atoms. The number of H-pyrrole nitrogens is 1. The number of halogens is 1. The van der Waals surface area contributed by atoms with Crippen molar-refractivity contribution >= 4 is 23.1 Å². The predicted molar refractivity (Wildman–Crippen MR) is 69.6 cm³/mol. The maximum Gasteiger partial charge on any atom is 0.345 e. The molecule has 0 saturated carbocycles. The van der Waals surface area contributed by atoms with E-state index in [0.29, 0.717) is 11.1 Å². The van der Waals surface area contributed by atoms with Crippen LogP contribution in [-0.4, -0.2) is 9.66 Å². The first-order valence-electron chi connectivity index (χ1n) is 5.21. The lowest BCUT2D eigenvalue weighted by molar-refractivity contribution is 0.636. The molecule has 4 nitrogen and oxygen atoms in total. The molecule has 92 valence electrons. The van der Waals surface area contributed by atoms with Crippen LogP contribution >= 0.6 is 12.2 Å². The Hall–Kier alpha value is -1.69. The first kappa shape index (κ1) is 13.4. The average molecular weight is 255 g/mol. The van der Waals surface area contributed by atoms with Gasteiger partial charge in [-0.15, -0.1) is 0 Å². The highest BCUT2D eigenvalue weighted by Crippen LogP contribution is 2.17. The smallest absolute Gasteiger partial charge is 0.334 e. The Bertz CT molecular complexity index is 660. The maximum atomic E-state index is 13.6. The fraction of sp³-hybridized carbons (Fsp3) is 0.273. The maximum absolute atomic E-state index is 13.6. The van der Waals surface area contributed by atoms with Gasteiger partial charge in [-0.3, -0.25) is 0 Å². The van der Waals surface area contributed by atoms with Crippen molar-refractivity contribution in [2.45, 2.75) is 20.8 Å². The van der Waals surface area contributed by atoms with Gasteiger partial charge in [-0.05, 0) is 24.6 Å². The van der Waals surface area contributed by atoms with Gasteiger partial charge in [0.1, 0.15) is 10.5 Å². The molecule has 0 saturated heterocycles. The first-order chi connectivity index (χ1) is 8.00. The lowest BCUT2D eigenvalue weighted by Crippen LogP contribution is -2.30. The SMILES string of the molecule is CC.Cc1cc(F)c2c(=S)n(N)c(=O)[nH]c2c1. The van der Waals surface area contributed by atoms with Gasteiger partial charge in [0.15, 0.2) is 0 Å². The van der Waals surface area contributed by atoms with E-state index in [-0.39, 0.29) is 10.0 Å². The Labute approximate surface area is 103 Å². The standard InChI is InChI=1S/C9H8FN3OS.C2H6/c1-4-2-5(10)7-6(3-4)12-9(14)13(11)8(7)15;1-2/h2-3H,11H2,1H3,(H,12,14);1-2H3. The molecule has 1 aromatic heterocycles. The summed E-state index contributed by atoms with van der Waals surface area (Å²) < 4.78 is 14.3. The Morgan fingerprint density at radius 1 is 1.41 bits per heavy atom. The van der Waals surface area contributed by atoms with E-state index in [1.807, 2.05) is 13.8 Å². The summed E-state index contributed by atoms with van der Waals surface area (Å²) in [7, 11) is 0. The minimum absolute atomic E-state index is 0.00810. The number of rotatable bonds is 0. The first-order valence-corrected chi connectivity index (χ1v) is 5.62. The van der Waals surface area contributed by atoms with Gasteiger partial charge in [-0.25, -0.2) is 13.9 Å². The molecule has 0 unspecified atom stereocenters. The highest BCUT2D eigenvalue weighted by atomic mass is 32.1. The van der Waals surface area contributed by atoms with E-state index in [1.54, 1.807) is 13.0 Å². The van der Waals surface area contributed by atoms with Gasteiger partial charge in [-0.2, -0.15) is 0 Å². The molecule has 6 heteroatoms. The van der Waals surface area contributed by atoms with E-state index in [9.17, 15) is 9.18 Å². The van der Waals surface area contributed by atoms with Crippen molar-refractivity contribution in [2.75, 3.05) is 5.84 Å². The molecule has 1 aromatic carbocycles. The van der Waals surface area contributed by atoms with Crippen molar-refractivity contribution in [3.8, 4) is 0 Å². The average Bonchev–Trinajstić information content (AvgIpc) is 2.27. The number of benzene rings is 1. The lowest BCUT2D eigenvalue weighted by atomic mass is 10.1. The van der Waals surface area contributed by atoms with Gasteiger partial charge in [0.2, 0.25) is 0 Å². The summed E-state index contributed by atoms with van der Waals surface area (Å²) in [4.78, 5) is 13.7. The fourth-order valence-corrected chi connectivity index (χ4v) is 1.74. The zero-order chi connectivity index (χ0) is 13.2. The molecule has 0 aliphatic rings. The van der Waals surface area contributed by atoms with Crippen LogP contribution in [0.25, 0.3) is 10.9 Å². The quantitative estimate of drug-likeness (QED) is 0.560. The largest absolute Gasteiger partial charge is 0.345 e. The third-order valence-corrected chi connectivity index (χ3v) is 2.53. The topological polar surface area (TPSA) is 63.8 Å². The molecule has 3 N–H and O–H groups in total. The molecule has 0 radical (unpaired) electrons. The molecule has 0 aliphatic heterocycles. The fourth-order valence-electron chi connectivity index (χ4n) is 1.45. The molecule has 0 bridgehead atoms. The number of nitrogens with one attached hydrogen (secondary N) is 1. The number of fused-ring (bicyclic) bond motifs is 1. The van der Waals surface area contributed by atoms with Crippen LogP contribution in [-0.2, 0) is 0 Å². The van der Waals surface area contributed by atoms with E-state index < -0.39 is 11.5 Å². The minimum atomic E-state index is -0.558. The number of aromatic nitrogens is 2. The lowest BCUT2D eigenvalue weighted by Gasteiger charge is -2.04. The van der Waals surface area contributed by atoms with Crippen molar-refractivity contribution < 1.29 is 4.39 Å². The molecule has 0 amide bonds. The number of aryl methyl sites for hydroxylation is 1. The molecule has 2 rings (SSSR count). The molecular formula is C11H14FN3OS. The third kappa shape index (κ3) is 2.36. The van der Waals surface area contributed by atoms with E-state index in [1.165, 1.54) is 6.07 Å². The summed E-state index contributed by atoms with van der Waals surface area (Å²) in [5.74, 6) is 4.88. The summed E-state index contributed by atoms with van der Waals surface area (Å²) in [6.45, 7) is 5.73. The molecule has 0 atom stereocenters. The van der Waals surface area contributed by atoms with Crippen molar-refractivity contribution in [3.05, 3.63) is 38.6 Å². The second-order valence-corrected chi connectivity index (χ2v) is 3.66. The molecule has 0 fully saturated rings. The Balaban J connectivity index is 0.000000686. The third-order valence-electron chi connectivity index (χ3n) is 2.13. The number of aromatic amines is 1. The van der Waals surface area contributed by atoms with Crippen LogP contribution in [0.3, 0.4) is 0 Å². The number of nitrogen functional groups attached to an aromatic ring is 1. The minimum Gasteiger partial charge on any atom is -0.334 e. The molecule has 0 aliphatic carbocycles. The van der Waals surface area contributed by atoms with Gasteiger partial charge in [0.05, 0.1) is 10.9 Å². The zero-order valence-electron chi connectivity index (χ0n) is 9.87. The van der Waals surface area contributed by atoms with Crippen molar-refractivity contribution in [2.24, 2.45) is 0 Å². The van der Waals surface area contributed by atoms with Gasteiger partial charge in [0.25, 0.3) is 0 Å². The molecule has 1 heterocycles. The Kier molecular flexibility index (Phi) is 4.01. The highest BCUT2D eigenvalue weighted by molar-refractivity contribution is 7.71. The molecule has 0 spiro atoms. The summed E-state index contributed by atoms with van der Waals surface area (Å²) in [5, 5.41) is 0.165. The second kappa shape index (κ2) is 5.09. The molecule has 2 aromatic rings. The highest BCUT2D eigenvalue weighted by Gasteiger charge is 2.07. The number of hydrogen-bond acceptors (Lipinski definition) is 3. The van der Waals surface area contributed by atoms with E-state index in [0.717, 1.165) is 4.68 Å². The predicted octanol–water partition coefficient (Wildman–Crippen LogP) is 2.25. The number of nitrogens with two attached hydrogens (primary N) is 1. The summed E-state index contributed by atoms with van der Waals surface area (Å²) in [6.07, 6.45) is 0. The van der Waals surface area contributed by atoms with Crippen molar-refractivity contribution in [1.29, 1.82) is 0 Å². The van der Waals surface area contributed by atoms with E-state index in [2.05, 4.69) is 4.98 Å². The Morgan fingerprint density at radius 2 is 2.00 bits per heavy atom. The zero-order valence-corrected chi connectivity index (χ0v) is 10.7. The monoisotopic (exact) mass is 255 g/mol. The van der Waals surface area contributed by atoms with Gasteiger partial charge >= 0.3 is 5.69 Å². The van der Waals surface area contributed by atoms with Crippen LogP contribution in [0, 0.1) is 17.4 Å². The van der Waals surface area contributed by atoms with E-state index in [4.69, 9.17) is 18.1 Å². The number of hydrogen-bond donors (Lipinski definition) is 2. The number of nitrogens with zero attached hydrogens (tertiary/aromatic N) is 1. The molecular weight excluding hydrogens is 241 g/mol. The van der Waals surface area contributed by atoms with Crippen LogP contribution < -0.4 is 11.5 Å². The Morgan fingerprint density at radius 3 is 2.59 bits per heavy atom.